The Morgan fingerprint density at radius 3 is 2.27 bits per heavy atom. The Morgan fingerprint density at radius 2 is 1.93 bits per heavy atom. The zero-order valence-electron chi connectivity index (χ0n) is 10.6. The molecule has 0 fully saturated rings. The number of nitrogens with one attached hydrogen (secondary N) is 1. The van der Waals surface area contributed by atoms with E-state index in [0.717, 1.165) is 0 Å². The van der Waals surface area contributed by atoms with Crippen molar-refractivity contribution >= 4 is 11.3 Å². The fourth-order valence-corrected chi connectivity index (χ4v) is 2.84. The van der Waals surface area contributed by atoms with Gasteiger partial charge in [0.15, 0.2) is 0 Å². The third-order valence-electron chi connectivity index (χ3n) is 2.53. The van der Waals surface area contributed by atoms with E-state index in [1.54, 1.807) is 11.3 Å². The number of hydrogen-bond donors (Lipinski definition) is 1. The van der Waals surface area contributed by atoms with Crippen LogP contribution in [-0.4, -0.2) is 12.0 Å². The van der Waals surface area contributed by atoms with Gasteiger partial charge in [-0.1, -0.05) is 34.6 Å². The van der Waals surface area contributed by atoms with Gasteiger partial charge in [0.1, 0.15) is 5.01 Å². The van der Waals surface area contributed by atoms with Crippen LogP contribution in [0.5, 0.6) is 0 Å². The standard InChI is InChI=1S/C12H22N2S/c1-8(2)10(13-6)11-14-9(7-15-11)12(3,4)5/h7-8,10,13H,1-6H3. The number of rotatable bonds is 3. The quantitative estimate of drug-likeness (QED) is 0.855. The SMILES string of the molecule is CNC(c1nc(C(C)(C)C)cs1)C(C)C. The number of hydrogen-bond acceptors (Lipinski definition) is 3. The minimum absolute atomic E-state index is 0.157. The Labute approximate surface area is 97.1 Å². The molecule has 0 bridgehead atoms. The summed E-state index contributed by atoms with van der Waals surface area (Å²) in [5.41, 5.74) is 1.35. The fourth-order valence-electron chi connectivity index (χ4n) is 1.52. The van der Waals surface area contributed by atoms with E-state index in [0.29, 0.717) is 12.0 Å². The molecule has 0 radical (unpaired) electrons. The molecule has 3 heteroatoms. The van der Waals surface area contributed by atoms with Crippen LogP contribution in [0.4, 0.5) is 0 Å². The van der Waals surface area contributed by atoms with E-state index in [9.17, 15) is 0 Å². The van der Waals surface area contributed by atoms with Gasteiger partial charge in [-0.3, -0.25) is 0 Å². The lowest BCUT2D eigenvalue weighted by Gasteiger charge is -2.18. The van der Waals surface area contributed by atoms with Crippen molar-refractivity contribution in [2.45, 2.75) is 46.1 Å². The molecule has 0 aromatic carbocycles. The Morgan fingerprint density at radius 1 is 1.33 bits per heavy atom. The summed E-state index contributed by atoms with van der Waals surface area (Å²) in [7, 11) is 2.00. The Hall–Kier alpha value is -0.410. The minimum Gasteiger partial charge on any atom is -0.311 e. The molecule has 1 rings (SSSR count). The van der Waals surface area contributed by atoms with Crippen molar-refractivity contribution in [1.29, 1.82) is 0 Å². The van der Waals surface area contributed by atoms with Crippen LogP contribution in [0.25, 0.3) is 0 Å². The molecule has 1 heterocycles. The van der Waals surface area contributed by atoms with Crippen molar-refractivity contribution in [2.75, 3.05) is 7.05 Å². The predicted octanol–water partition coefficient (Wildman–Crippen LogP) is 3.36. The van der Waals surface area contributed by atoms with Crippen LogP contribution < -0.4 is 5.32 Å². The maximum atomic E-state index is 4.73. The van der Waals surface area contributed by atoms with Crippen molar-refractivity contribution in [2.24, 2.45) is 5.92 Å². The summed E-state index contributed by atoms with van der Waals surface area (Å²) in [4.78, 5) is 4.73. The van der Waals surface area contributed by atoms with E-state index in [4.69, 9.17) is 4.98 Å². The van der Waals surface area contributed by atoms with E-state index in [1.807, 2.05) is 7.05 Å². The summed E-state index contributed by atoms with van der Waals surface area (Å²) in [6.45, 7) is 11.1. The molecule has 2 nitrogen and oxygen atoms in total. The smallest absolute Gasteiger partial charge is 0.110 e. The summed E-state index contributed by atoms with van der Waals surface area (Å²) in [6, 6.07) is 0.381. The zero-order valence-corrected chi connectivity index (χ0v) is 11.4. The van der Waals surface area contributed by atoms with Crippen LogP contribution in [0.3, 0.4) is 0 Å². The molecule has 1 aromatic heterocycles. The van der Waals surface area contributed by atoms with Crippen LogP contribution in [-0.2, 0) is 5.41 Å². The van der Waals surface area contributed by atoms with Crippen molar-refractivity contribution in [1.82, 2.24) is 10.3 Å². The monoisotopic (exact) mass is 226 g/mol. The average molecular weight is 226 g/mol. The van der Waals surface area contributed by atoms with Crippen LogP contribution >= 0.6 is 11.3 Å². The van der Waals surface area contributed by atoms with Gasteiger partial charge in [-0.2, -0.15) is 0 Å². The number of nitrogens with zero attached hydrogens (tertiary/aromatic N) is 1. The maximum Gasteiger partial charge on any atom is 0.110 e. The largest absolute Gasteiger partial charge is 0.311 e. The molecule has 0 saturated carbocycles. The highest BCUT2D eigenvalue weighted by molar-refractivity contribution is 7.09. The van der Waals surface area contributed by atoms with E-state index in [-0.39, 0.29) is 5.41 Å². The molecule has 1 atom stereocenters. The summed E-state index contributed by atoms with van der Waals surface area (Å²) >= 11 is 1.76. The van der Waals surface area contributed by atoms with Gasteiger partial charge in [-0.15, -0.1) is 11.3 Å². The van der Waals surface area contributed by atoms with Gasteiger partial charge >= 0.3 is 0 Å². The van der Waals surface area contributed by atoms with E-state index in [2.05, 4.69) is 45.3 Å². The molecule has 86 valence electrons. The molecule has 0 aliphatic carbocycles. The van der Waals surface area contributed by atoms with E-state index in [1.165, 1.54) is 10.7 Å². The van der Waals surface area contributed by atoms with Gasteiger partial charge in [-0.05, 0) is 13.0 Å². The summed E-state index contributed by atoms with van der Waals surface area (Å²) in [6.07, 6.45) is 0. The molecule has 1 unspecified atom stereocenters. The lowest BCUT2D eigenvalue weighted by Crippen LogP contribution is -2.22. The number of aromatic nitrogens is 1. The Kier molecular flexibility index (Phi) is 3.90. The molecular weight excluding hydrogens is 204 g/mol. The Bertz CT molecular complexity index is 310. The van der Waals surface area contributed by atoms with Crippen molar-refractivity contribution in [3.63, 3.8) is 0 Å². The van der Waals surface area contributed by atoms with E-state index < -0.39 is 0 Å². The van der Waals surface area contributed by atoms with Gasteiger partial charge in [0, 0.05) is 10.8 Å². The third-order valence-corrected chi connectivity index (χ3v) is 3.46. The van der Waals surface area contributed by atoms with Gasteiger partial charge in [0.05, 0.1) is 11.7 Å². The fraction of sp³-hybridized carbons (Fsp3) is 0.750. The highest BCUT2D eigenvalue weighted by Crippen LogP contribution is 2.29. The van der Waals surface area contributed by atoms with Crippen molar-refractivity contribution < 1.29 is 0 Å². The maximum absolute atomic E-state index is 4.73. The Balaban J connectivity index is 2.92. The molecule has 1 N–H and O–H groups in total. The van der Waals surface area contributed by atoms with Gasteiger partial charge in [0.2, 0.25) is 0 Å². The molecule has 0 spiro atoms. The molecule has 15 heavy (non-hydrogen) atoms. The summed E-state index contributed by atoms with van der Waals surface area (Å²) in [5.74, 6) is 0.578. The third kappa shape index (κ3) is 3.02. The number of thiazole rings is 1. The van der Waals surface area contributed by atoms with Gasteiger partial charge in [-0.25, -0.2) is 4.98 Å². The van der Waals surface area contributed by atoms with Crippen LogP contribution in [0, 0.1) is 5.92 Å². The first-order valence-corrected chi connectivity index (χ1v) is 6.37. The lowest BCUT2D eigenvalue weighted by atomic mass is 9.93. The molecule has 0 amide bonds. The van der Waals surface area contributed by atoms with E-state index >= 15 is 0 Å². The highest BCUT2D eigenvalue weighted by Gasteiger charge is 2.22. The zero-order chi connectivity index (χ0) is 11.6. The molecule has 1 aromatic rings. The van der Waals surface area contributed by atoms with Crippen LogP contribution in [0.15, 0.2) is 5.38 Å². The second-order valence-corrected chi connectivity index (χ2v) is 6.22. The van der Waals surface area contributed by atoms with Crippen molar-refractivity contribution in [3.05, 3.63) is 16.1 Å². The minimum atomic E-state index is 0.157. The van der Waals surface area contributed by atoms with Crippen LogP contribution in [0.2, 0.25) is 0 Å². The van der Waals surface area contributed by atoms with Gasteiger partial charge in [0.25, 0.3) is 0 Å². The second-order valence-electron chi connectivity index (χ2n) is 5.33. The molecule has 0 aliphatic rings. The predicted molar refractivity (Wildman–Crippen MR) is 67.5 cm³/mol. The molecule has 0 saturated heterocycles. The first kappa shape index (κ1) is 12.7. The average Bonchev–Trinajstić information content (AvgIpc) is 2.52. The lowest BCUT2D eigenvalue weighted by molar-refractivity contribution is 0.438. The summed E-state index contributed by atoms with van der Waals surface area (Å²) in [5, 5.41) is 6.72. The highest BCUT2D eigenvalue weighted by atomic mass is 32.1. The molecule has 0 aliphatic heterocycles. The second kappa shape index (κ2) is 4.62. The van der Waals surface area contributed by atoms with Crippen molar-refractivity contribution in [3.8, 4) is 0 Å². The normalized spacial score (nSPS) is 14.6. The first-order chi connectivity index (χ1) is 6.86. The summed E-state index contributed by atoms with van der Waals surface area (Å²) < 4.78 is 0. The van der Waals surface area contributed by atoms with Crippen LogP contribution in [0.1, 0.15) is 51.4 Å². The molecular formula is C12H22N2S. The topological polar surface area (TPSA) is 24.9 Å². The van der Waals surface area contributed by atoms with Gasteiger partial charge < -0.3 is 5.32 Å². The first-order valence-electron chi connectivity index (χ1n) is 5.49.